The van der Waals surface area contributed by atoms with Gasteiger partial charge in [0, 0.05) is 6.54 Å². The molecule has 1 saturated heterocycles. The summed E-state index contributed by atoms with van der Waals surface area (Å²) in [7, 11) is 0. The molecule has 0 bridgehead atoms. The topological polar surface area (TPSA) is 66.6 Å². The summed E-state index contributed by atoms with van der Waals surface area (Å²) in [6, 6.07) is -0.436. The average molecular weight is 200 g/mol. The Kier molecular flexibility index (Phi) is 3.89. The number of nitrogens with two attached hydrogens (primary N) is 1. The van der Waals surface area contributed by atoms with Crippen molar-refractivity contribution in [1.82, 2.24) is 4.90 Å². The van der Waals surface area contributed by atoms with Crippen LogP contribution in [0.4, 0.5) is 0 Å². The fraction of sp³-hybridized carbons (Fsp3) is 0.900. The predicted molar refractivity (Wildman–Crippen MR) is 54.6 cm³/mol. The van der Waals surface area contributed by atoms with Crippen molar-refractivity contribution in [3.63, 3.8) is 0 Å². The van der Waals surface area contributed by atoms with Gasteiger partial charge in [0.05, 0.1) is 18.7 Å². The number of rotatable bonds is 3. The third-order valence-corrected chi connectivity index (χ3v) is 2.87. The van der Waals surface area contributed by atoms with E-state index in [9.17, 15) is 4.79 Å². The van der Waals surface area contributed by atoms with Crippen LogP contribution >= 0.6 is 0 Å². The van der Waals surface area contributed by atoms with Crippen molar-refractivity contribution < 1.29 is 9.90 Å². The summed E-state index contributed by atoms with van der Waals surface area (Å²) >= 11 is 0. The van der Waals surface area contributed by atoms with Gasteiger partial charge in [-0.2, -0.15) is 0 Å². The minimum atomic E-state index is -0.429. The van der Waals surface area contributed by atoms with Crippen LogP contribution in [-0.2, 0) is 4.79 Å². The molecular formula is C10H20N2O2. The highest BCUT2D eigenvalue weighted by molar-refractivity contribution is 5.82. The minimum Gasteiger partial charge on any atom is -0.394 e. The molecule has 14 heavy (non-hydrogen) atoms. The van der Waals surface area contributed by atoms with Crippen LogP contribution in [0.1, 0.15) is 26.7 Å². The second-order valence-corrected chi connectivity index (χ2v) is 4.28. The zero-order valence-corrected chi connectivity index (χ0v) is 8.94. The summed E-state index contributed by atoms with van der Waals surface area (Å²) < 4.78 is 0. The predicted octanol–water partition coefficient (Wildman–Crippen LogP) is -0.0470. The lowest BCUT2D eigenvalue weighted by atomic mass is 10.0. The van der Waals surface area contributed by atoms with Crippen molar-refractivity contribution in [2.45, 2.75) is 38.8 Å². The van der Waals surface area contributed by atoms with Crippen molar-refractivity contribution >= 4 is 5.91 Å². The van der Waals surface area contributed by atoms with E-state index in [0.717, 1.165) is 19.4 Å². The fourth-order valence-electron chi connectivity index (χ4n) is 1.79. The van der Waals surface area contributed by atoms with E-state index in [2.05, 4.69) is 0 Å². The molecular weight excluding hydrogens is 180 g/mol. The van der Waals surface area contributed by atoms with Gasteiger partial charge in [0.15, 0.2) is 0 Å². The fourth-order valence-corrected chi connectivity index (χ4v) is 1.79. The molecule has 0 saturated carbocycles. The number of likely N-dealkylation sites (tertiary alicyclic amines) is 1. The van der Waals surface area contributed by atoms with Crippen LogP contribution in [0.15, 0.2) is 0 Å². The van der Waals surface area contributed by atoms with Gasteiger partial charge in [-0.25, -0.2) is 0 Å². The maximum atomic E-state index is 11.8. The second-order valence-electron chi connectivity index (χ2n) is 4.28. The number of nitrogens with zero attached hydrogens (tertiary/aromatic N) is 1. The van der Waals surface area contributed by atoms with Gasteiger partial charge in [-0.3, -0.25) is 4.79 Å². The van der Waals surface area contributed by atoms with E-state index in [0.29, 0.717) is 0 Å². The van der Waals surface area contributed by atoms with Gasteiger partial charge in [-0.1, -0.05) is 13.8 Å². The molecule has 0 unspecified atom stereocenters. The number of aliphatic hydroxyl groups is 1. The Bertz CT molecular complexity index is 206. The van der Waals surface area contributed by atoms with E-state index >= 15 is 0 Å². The molecule has 2 atom stereocenters. The number of amides is 1. The first-order valence-corrected chi connectivity index (χ1v) is 5.24. The van der Waals surface area contributed by atoms with Crippen LogP contribution in [-0.4, -0.2) is 41.1 Å². The standard InChI is InChI=1S/C10H20N2O2/c1-7(2)9(11)10(14)12-5-3-4-8(12)6-13/h7-9,13H,3-6,11H2,1-2H3/t8-,9+/m0/s1. The number of aliphatic hydroxyl groups excluding tert-OH is 1. The lowest BCUT2D eigenvalue weighted by Crippen LogP contribution is -2.49. The molecule has 1 aliphatic heterocycles. The number of carbonyl (C=O) groups excluding carboxylic acids is 1. The largest absolute Gasteiger partial charge is 0.394 e. The summed E-state index contributed by atoms with van der Waals surface area (Å²) in [5.74, 6) is 0.138. The summed E-state index contributed by atoms with van der Waals surface area (Å²) in [5.41, 5.74) is 5.78. The Labute approximate surface area is 85.1 Å². The first-order chi connectivity index (χ1) is 6.57. The van der Waals surface area contributed by atoms with Crippen LogP contribution < -0.4 is 5.73 Å². The summed E-state index contributed by atoms with van der Waals surface area (Å²) in [6.07, 6.45) is 1.87. The van der Waals surface area contributed by atoms with Crippen molar-refractivity contribution in [2.75, 3.05) is 13.2 Å². The SMILES string of the molecule is CC(C)[C@@H](N)C(=O)N1CCC[C@H]1CO. The van der Waals surface area contributed by atoms with E-state index < -0.39 is 6.04 Å². The maximum absolute atomic E-state index is 11.8. The van der Waals surface area contributed by atoms with Crippen molar-refractivity contribution in [1.29, 1.82) is 0 Å². The molecule has 3 N–H and O–H groups in total. The smallest absolute Gasteiger partial charge is 0.240 e. The van der Waals surface area contributed by atoms with Crippen molar-refractivity contribution in [3.05, 3.63) is 0 Å². The number of hydrogen-bond donors (Lipinski definition) is 2. The van der Waals surface area contributed by atoms with Gasteiger partial charge in [0.1, 0.15) is 0 Å². The molecule has 0 spiro atoms. The Hall–Kier alpha value is -0.610. The van der Waals surface area contributed by atoms with Gasteiger partial charge in [0.25, 0.3) is 0 Å². The molecule has 82 valence electrons. The molecule has 4 nitrogen and oxygen atoms in total. The van der Waals surface area contributed by atoms with Gasteiger partial charge in [0.2, 0.25) is 5.91 Å². The lowest BCUT2D eigenvalue weighted by molar-refractivity contribution is -0.135. The van der Waals surface area contributed by atoms with Crippen LogP contribution in [0.25, 0.3) is 0 Å². The number of hydrogen-bond acceptors (Lipinski definition) is 3. The van der Waals surface area contributed by atoms with E-state index in [4.69, 9.17) is 10.8 Å². The molecule has 0 radical (unpaired) electrons. The summed E-state index contributed by atoms with van der Waals surface area (Å²) in [4.78, 5) is 13.6. The summed E-state index contributed by atoms with van der Waals surface area (Å²) in [5, 5.41) is 9.07. The van der Waals surface area contributed by atoms with Crippen LogP contribution in [0.3, 0.4) is 0 Å². The van der Waals surface area contributed by atoms with E-state index in [1.165, 1.54) is 0 Å². The van der Waals surface area contributed by atoms with Gasteiger partial charge in [-0.15, -0.1) is 0 Å². The van der Waals surface area contributed by atoms with Crippen LogP contribution in [0.5, 0.6) is 0 Å². The zero-order chi connectivity index (χ0) is 10.7. The van der Waals surface area contributed by atoms with E-state index in [-0.39, 0.29) is 24.5 Å². The number of carbonyl (C=O) groups is 1. The molecule has 1 fully saturated rings. The van der Waals surface area contributed by atoms with Gasteiger partial charge < -0.3 is 15.7 Å². The molecule has 0 aromatic carbocycles. The van der Waals surface area contributed by atoms with Crippen LogP contribution in [0.2, 0.25) is 0 Å². The Morgan fingerprint density at radius 1 is 1.64 bits per heavy atom. The minimum absolute atomic E-state index is 0.00713. The first kappa shape index (κ1) is 11.5. The normalized spacial score (nSPS) is 24.4. The first-order valence-electron chi connectivity index (χ1n) is 5.24. The lowest BCUT2D eigenvalue weighted by Gasteiger charge is -2.27. The Morgan fingerprint density at radius 3 is 2.79 bits per heavy atom. The Balaban J connectivity index is 2.59. The highest BCUT2D eigenvalue weighted by Gasteiger charge is 2.31. The highest BCUT2D eigenvalue weighted by Crippen LogP contribution is 2.18. The molecule has 4 heteroatoms. The molecule has 1 heterocycles. The molecule has 0 aromatic rings. The van der Waals surface area contributed by atoms with E-state index in [1.54, 1.807) is 4.90 Å². The second kappa shape index (κ2) is 4.75. The van der Waals surface area contributed by atoms with Gasteiger partial charge >= 0.3 is 0 Å². The van der Waals surface area contributed by atoms with Crippen molar-refractivity contribution in [3.8, 4) is 0 Å². The molecule has 1 rings (SSSR count). The zero-order valence-electron chi connectivity index (χ0n) is 8.94. The average Bonchev–Trinajstić information content (AvgIpc) is 2.62. The highest BCUT2D eigenvalue weighted by atomic mass is 16.3. The third kappa shape index (κ3) is 2.25. The van der Waals surface area contributed by atoms with Crippen molar-refractivity contribution in [2.24, 2.45) is 11.7 Å². The summed E-state index contributed by atoms with van der Waals surface area (Å²) in [6.45, 7) is 4.67. The Morgan fingerprint density at radius 2 is 2.29 bits per heavy atom. The molecule has 0 aliphatic carbocycles. The monoisotopic (exact) mass is 200 g/mol. The third-order valence-electron chi connectivity index (χ3n) is 2.87. The molecule has 1 amide bonds. The molecule has 0 aromatic heterocycles. The maximum Gasteiger partial charge on any atom is 0.240 e. The molecule has 1 aliphatic rings. The quantitative estimate of drug-likeness (QED) is 0.671. The van der Waals surface area contributed by atoms with E-state index in [1.807, 2.05) is 13.8 Å². The van der Waals surface area contributed by atoms with Gasteiger partial charge in [-0.05, 0) is 18.8 Å². The van der Waals surface area contributed by atoms with Crippen LogP contribution in [0, 0.1) is 5.92 Å².